The minimum atomic E-state index is -0.0900. The van der Waals surface area contributed by atoms with E-state index >= 15 is 0 Å². The molecule has 5 fully saturated rings. The van der Waals surface area contributed by atoms with E-state index in [0.29, 0.717) is 21.2 Å². The van der Waals surface area contributed by atoms with Crippen LogP contribution in [0, 0.1) is 17.8 Å². The van der Waals surface area contributed by atoms with Crippen LogP contribution in [0.25, 0.3) is 6.08 Å². The predicted molar refractivity (Wildman–Crippen MR) is 146 cm³/mol. The Morgan fingerprint density at radius 2 is 1.71 bits per heavy atom. The van der Waals surface area contributed by atoms with Gasteiger partial charge in [-0.15, -0.1) is 0 Å². The molecular formula is C29H31NO3S2. The topological polar surface area (TPSA) is 38.8 Å². The van der Waals surface area contributed by atoms with E-state index in [1.165, 1.54) is 55.9 Å². The Morgan fingerprint density at radius 3 is 2.31 bits per heavy atom. The summed E-state index contributed by atoms with van der Waals surface area (Å²) in [5, 5.41) is 0. The summed E-state index contributed by atoms with van der Waals surface area (Å²) < 4.78 is 11.8. The van der Waals surface area contributed by atoms with Crippen molar-refractivity contribution in [1.29, 1.82) is 0 Å². The van der Waals surface area contributed by atoms with Gasteiger partial charge in [-0.3, -0.25) is 9.69 Å². The van der Waals surface area contributed by atoms with Crippen LogP contribution in [0.2, 0.25) is 0 Å². The number of benzene rings is 2. The van der Waals surface area contributed by atoms with Gasteiger partial charge in [0.05, 0.1) is 24.3 Å². The second-order valence-corrected chi connectivity index (χ2v) is 12.3. The normalized spacial score (nSPS) is 30.4. The second kappa shape index (κ2) is 8.97. The predicted octanol–water partition coefficient (Wildman–Crippen LogP) is 6.97. The van der Waals surface area contributed by atoms with Gasteiger partial charge in [0.25, 0.3) is 5.91 Å². The second-order valence-electron chi connectivity index (χ2n) is 10.6. The highest BCUT2D eigenvalue weighted by atomic mass is 32.2. The first-order chi connectivity index (χ1) is 17.0. The van der Waals surface area contributed by atoms with Crippen LogP contribution in [-0.2, 0) is 10.2 Å². The van der Waals surface area contributed by atoms with Crippen molar-refractivity contribution in [2.75, 3.05) is 18.6 Å². The Morgan fingerprint density at radius 1 is 1.06 bits per heavy atom. The van der Waals surface area contributed by atoms with Crippen LogP contribution in [0.4, 0.5) is 5.69 Å². The van der Waals surface area contributed by atoms with Gasteiger partial charge in [-0.1, -0.05) is 30.0 Å². The zero-order valence-corrected chi connectivity index (χ0v) is 21.9. The molecule has 182 valence electrons. The van der Waals surface area contributed by atoms with Crippen molar-refractivity contribution in [3.8, 4) is 11.5 Å². The number of rotatable bonds is 6. The average Bonchev–Trinajstić information content (AvgIpc) is 3.12. The maximum absolute atomic E-state index is 13.4. The van der Waals surface area contributed by atoms with Gasteiger partial charge in [-0.25, -0.2) is 0 Å². The molecule has 1 amide bonds. The van der Waals surface area contributed by atoms with Crippen molar-refractivity contribution < 1.29 is 14.3 Å². The smallest absolute Gasteiger partial charge is 0.270 e. The molecule has 0 atom stereocenters. The summed E-state index contributed by atoms with van der Waals surface area (Å²) in [6, 6.07) is 14.1. The van der Waals surface area contributed by atoms with Gasteiger partial charge in [0.2, 0.25) is 0 Å². The first-order valence-electron chi connectivity index (χ1n) is 12.7. The Labute approximate surface area is 217 Å². The highest BCUT2D eigenvalue weighted by Gasteiger charge is 2.51. The third-order valence-electron chi connectivity index (χ3n) is 8.37. The number of amides is 1. The monoisotopic (exact) mass is 505 g/mol. The lowest BCUT2D eigenvalue weighted by Gasteiger charge is -2.57. The molecule has 4 saturated carbocycles. The largest absolute Gasteiger partial charge is 0.497 e. The number of thiocarbonyl (C=S) groups is 1. The number of nitrogens with zero attached hydrogens (tertiary/aromatic N) is 1. The van der Waals surface area contributed by atoms with E-state index in [1.54, 1.807) is 12.0 Å². The quantitative estimate of drug-likeness (QED) is 0.313. The molecule has 4 bridgehead atoms. The number of thioether (sulfide) groups is 1. The van der Waals surface area contributed by atoms with E-state index in [1.807, 2.05) is 37.3 Å². The lowest BCUT2D eigenvalue weighted by atomic mass is 9.48. The number of ether oxygens (including phenoxy) is 2. The minimum Gasteiger partial charge on any atom is -0.497 e. The number of hydrogen-bond donors (Lipinski definition) is 0. The molecule has 0 radical (unpaired) electrons. The van der Waals surface area contributed by atoms with Gasteiger partial charge >= 0.3 is 0 Å². The lowest BCUT2D eigenvalue weighted by molar-refractivity contribution is -0.113. The van der Waals surface area contributed by atoms with E-state index < -0.39 is 0 Å². The van der Waals surface area contributed by atoms with E-state index in [0.717, 1.165) is 40.5 Å². The standard InChI is InChI=1S/C29H31NO3S2/c1-3-33-25-9-4-22(29-15-18-10-19(16-29)12-20(11-18)17-29)13-21(25)14-26-27(31)30(28(34)35-26)23-5-7-24(32-2)8-6-23/h4-9,13-14,18-20H,3,10-12,15-17H2,1-2H3/b26-14-. The van der Waals surface area contributed by atoms with Crippen LogP contribution in [0.1, 0.15) is 56.6 Å². The maximum atomic E-state index is 13.4. The van der Waals surface area contributed by atoms with Gasteiger partial charge in [0.15, 0.2) is 4.32 Å². The number of methoxy groups -OCH3 is 1. The Bertz CT molecular complexity index is 1170. The van der Waals surface area contributed by atoms with E-state index in [9.17, 15) is 4.79 Å². The molecule has 0 unspecified atom stereocenters. The van der Waals surface area contributed by atoms with Crippen LogP contribution in [0.15, 0.2) is 47.4 Å². The van der Waals surface area contributed by atoms with Crippen LogP contribution in [-0.4, -0.2) is 23.9 Å². The van der Waals surface area contributed by atoms with Crippen molar-refractivity contribution >= 4 is 46.0 Å². The summed E-state index contributed by atoms with van der Waals surface area (Å²) >= 11 is 6.96. The number of carbonyl (C=O) groups is 1. The summed E-state index contributed by atoms with van der Waals surface area (Å²) in [6.45, 7) is 2.59. The average molecular weight is 506 g/mol. The highest BCUT2D eigenvalue weighted by Crippen LogP contribution is 2.61. The van der Waals surface area contributed by atoms with E-state index in [2.05, 4.69) is 18.2 Å². The maximum Gasteiger partial charge on any atom is 0.270 e. The first kappa shape index (κ1) is 23.1. The van der Waals surface area contributed by atoms with Gasteiger partial charge in [-0.05, 0) is 117 Å². The van der Waals surface area contributed by atoms with E-state index in [-0.39, 0.29) is 5.91 Å². The molecule has 4 aliphatic carbocycles. The van der Waals surface area contributed by atoms with Crippen LogP contribution in [0.3, 0.4) is 0 Å². The van der Waals surface area contributed by atoms with Crippen LogP contribution < -0.4 is 14.4 Å². The Hall–Kier alpha value is -2.31. The molecule has 35 heavy (non-hydrogen) atoms. The van der Waals surface area contributed by atoms with Crippen molar-refractivity contribution in [1.82, 2.24) is 0 Å². The summed E-state index contributed by atoms with van der Waals surface area (Å²) in [7, 11) is 1.63. The molecule has 6 heteroatoms. The first-order valence-corrected chi connectivity index (χ1v) is 13.9. The van der Waals surface area contributed by atoms with Crippen molar-refractivity contribution in [2.24, 2.45) is 17.8 Å². The fourth-order valence-corrected chi connectivity index (χ4v) is 8.60. The Balaban J connectivity index is 1.34. The number of carbonyl (C=O) groups excluding carboxylic acids is 1. The molecule has 1 aliphatic heterocycles. The zero-order valence-electron chi connectivity index (χ0n) is 20.3. The summed E-state index contributed by atoms with van der Waals surface area (Å²) in [5.74, 6) is 4.15. The third-order valence-corrected chi connectivity index (χ3v) is 9.67. The van der Waals surface area contributed by atoms with Crippen molar-refractivity contribution in [3.05, 3.63) is 58.5 Å². The van der Waals surface area contributed by atoms with Crippen molar-refractivity contribution in [2.45, 2.75) is 50.9 Å². The summed E-state index contributed by atoms with van der Waals surface area (Å²) in [6.07, 6.45) is 10.2. The lowest BCUT2D eigenvalue weighted by Crippen LogP contribution is -2.48. The summed E-state index contributed by atoms with van der Waals surface area (Å²) in [4.78, 5) is 15.7. The van der Waals surface area contributed by atoms with Gasteiger partial charge in [0, 0.05) is 5.56 Å². The molecule has 2 aromatic rings. The molecule has 0 N–H and O–H groups in total. The molecular weight excluding hydrogens is 474 g/mol. The molecule has 4 nitrogen and oxygen atoms in total. The Kier molecular flexibility index (Phi) is 5.92. The molecule has 1 heterocycles. The molecule has 5 aliphatic rings. The fourth-order valence-electron chi connectivity index (χ4n) is 7.31. The SMILES string of the molecule is CCOc1ccc(C23CC4CC(CC(C4)C2)C3)cc1/C=C1\SC(=S)N(c2ccc(OC)cc2)C1=O. The molecule has 1 saturated heterocycles. The molecule has 0 spiro atoms. The van der Waals surface area contributed by atoms with Crippen LogP contribution in [0.5, 0.6) is 11.5 Å². The molecule has 2 aromatic carbocycles. The summed E-state index contributed by atoms with van der Waals surface area (Å²) in [5.41, 5.74) is 3.46. The zero-order chi connectivity index (χ0) is 24.2. The molecule has 7 rings (SSSR count). The minimum absolute atomic E-state index is 0.0900. The van der Waals surface area contributed by atoms with Crippen LogP contribution >= 0.6 is 24.0 Å². The number of anilines is 1. The fraction of sp³-hybridized carbons (Fsp3) is 0.448. The number of hydrogen-bond acceptors (Lipinski definition) is 5. The third kappa shape index (κ3) is 4.09. The highest BCUT2D eigenvalue weighted by molar-refractivity contribution is 8.27. The van der Waals surface area contributed by atoms with E-state index in [4.69, 9.17) is 21.7 Å². The van der Waals surface area contributed by atoms with Gasteiger partial charge < -0.3 is 9.47 Å². The molecule has 0 aromatic heterocycles. The van der Waals surface area contributed by atoms with Gasteiger partial charge in [0.1, 0.15) is 11.5 Å². The van der Waals surface area contributed by atoms with Crippen molar-refractivity contribution in [3.63, 3.8) is 0 Å². The van der Waals surface area contributed by atoms with Gasteiger partial charge in [-0.2, -0.15) is 0 Å².